The molecule has 0 saturated heterocycles. The van der Waals surface area contributed by atoms with Gasteiger partial charge in [0.05, 0.1) is 18.1 Å². The van der Waals surface area contributed by atoms with Gasteiger partial charge in [0, 0.05) is 12.1 Å². The average Bonchev–Trinajstić information content (AvgIpc) is 2.37. The van der Waals surface area contributed by atoms with Crippen molar-refractivity contribution in [1.29, 1.82) is 0 Å². The third-order valence-corrected chi connectivity index (χ3v) is 3.25. The smallest absolute Gasteiger partial charge is 0.251 e. The lowest BCUT2D eigenvalue weighted by atomic mass is 10.2. The van der Waals surface area contributed by atoms with Gasteiger partial charge >= 0.3 is 0 Å². The molecule has 0 atom stereocenters. The highest BCUT2D eigenvalue weighted by molar-refractivity contribution is 7.89. The number of carbonyl (C=O) groups is 1. The molecule has 0 unspecified atom stereocenters. The molecule has 0 aliphatic carbocycles. The molecule has 6 nitrogen and oxygen atoms in total. The topological polar surface area (TPSA) is 98.5 Å². The number of rotatable bonds is 7. The molecule has 0 spiro atoms. The van der Waals surface area contributed by atoms with Crippen molar-refractivity contribution in [2.24, 2.45) is 5.14 Å². The Bertz CT molecular complexity index is 579. The highest BCUT2D eigenvalue weighted by Gasteiger charge is 2.09. The van der Waals surface area contributed by atoms with Crippen LogP contribution in [0.15, 0.2) is 41.3 Å². The second kappa shape index (κ2) is 7.18. The van der Waals surface area contributed by atoms with E-state index in [1.807, 2.05) is 6.92 Å². The van der Waals surface area contributed by atoms with Gasteiger partial charge in [0.1, 0.15) is 0 Å². The lowest BCUT2D eigenvalue weighted by molar-refractivity contribution is 0.0926. The third kappa shape index (κ3) is 5.52. The Morgan fingerprint density at radius 2 is 1.95 bits per heavy atom. The molecule has 0 fully saturated rings. The lowest BCUT2D eigenvalue weighted by Crippen LogP contribution is -2.27. The Kier molecular flexibility index (Phi) is 5.87. The molecule has 7 heteroatoms. The number of amides is 1. The summed E-state index contributed by atoms with van der Waals surface area (Å²) < 4.78 is 27.4. The van der Waals surface area contributed by atoms with Crippen LogP contribution in [0, 0.1) is 0 Å². The van der Waals surface area contributed by atoms with Crippen LogP contribution >= 0.6 is 0 Å². The summed E-state index contributed by atoms with van der Waals surface area (Å²) in [5.41, 5.74) is 1.27. The molecule has 1 rings (SSSR count). The number of ether oxygens (including phenoxy) is 1. The maximum atomic E-state index is 11.7. The first-order chi connectivity index (χ1) is 9.30. The van der Waals surface area contributed by atoms with E-state index in [-0.39, 0.29) is 10.8 Å². The molecular formula is C13H18N2O4S. The second-order valence-corrected chi connectivity index (χ2v) is 5.90. The molecule has 0 aliphatic rings. The van der Waals surface area contributed by atoms with Crippen molar-refractivity contribution in [2.75, 3.05) is 19.8 Å². The number of carbonyl (C=O) groups excluding carboxylic acids is 1. The van der Waals surface area contributed by atoms with Crippen LogP contribution < -0.4 is 10.5 Å². The fraction of sp³-hybridized carbons (Fsp3) is 0.308. The van der Waals surface area contributed by atoms with E-state index in [1.165, 1.54) is 24.3 Å². The lowest BCUT2D eigenvalue weighted by Gasteiger charge is -2.07. The van der Waals surface area contributed by atoms with Crippen LogP contribution in [0.4, 0.5) is 0 Å². The Morgan fingerprint density at radius 3 is 2.45 bits per heavy atom. The molecule has 1 aromatic rings. The van der Waals surface area contributed by atoms with Gasteiger partial charge in [0.2, 0.25) is 10.0 Å². The molecule has 1 amide bonds. The van der Waals surface area contributed by atoms with Gasteiger partial charge in [-0.15, -0.1) is 0 Å². The maximum absolute atomic E-state index is 11.7. The van der Waals surface area contributed by atoms with Crippen LogP contribution in [0.1, 0.15) is 17.3 Å². The van der Waals surface area contributed by atoms with E-state index >= 15 is 0 Å². The maximum Gasteiger partial charge on any atom is 0.251 e. The van der Waals surface area contributed by atoms with Gasteiger partial charge in [-0.2, -0.15) is 0 Å². The van der Waals surface area contributed by atoms with E-state index in [0.29, 0.717) is 25.3 Å². The van der Waals surface area contributed by atoms with Gasteiger partial charge in [-0.05, 0) is 31.2 Å². The number of nitrogens with two attached hydrogens (primary N) is 1. The summed E-state index contributed by atoms with van der Waals surface area (Å²) >= 11 is 0. The summed E-state index contributed by atoms with van der Waals surface area (Å²) in [6.07, 6.45) is 0. The SMILES string of the molecule is C=C(C)COCCNC(=O)c1ccc(S(N)(=O)=O)cc1. The fourth-order valence-electron chi connectivity index (χ4n) is 1.38. The predicted molar refractivity (Wildman–Crippen MR) is 75.8 cm³/mol. The molecule has 0 bridgehead atoms. The number of sulfonamides is 1. The molecular weight excluding hydrogens is 280 g/mol. The second-order valence-electron chi connectivity index (χ2n) is 4.33. The van der Waals surface area contributed by atoms with Crippen molar-refractivity contribution >= 4 is 15.9 Å². The van der Waals surface area contributed by atoms with E-state index in [4.69, 9.17) is 9.88 Å². The molecule has 1 aromatic carbocycles. The van der Waals surface area contributed by atoms with Crippen molar-refractivity contribution in [3.8, 4) is 0 Å². The molecule has 110 valence electrons. The predicted octanol–water partition coefficient (Wildman–Crippen LogP) is 0.657. The summed E-state index contributed by atoms with van der Waals surface area (Å²) in [5, 5.41) is 7.63. The largest absolute Gasteiger partial charge is 0.375 e. The van der Waals surface area contributed by atoms with Gasteiger partial charge in [0.25, 0.3) is 5.91 Å². The zero-order chi connectivity index (χ0) is 15.2. The minimum atomic E-state index is -3.74. The van der Waals surface area contributed by atoms with E-state index in [0.717, 1.165) is 5.57 Å². The first-order valence-corrected chi connectivity index (χ1v) is 7.48. The Morgan fingerprint density at radius 1 is 1.35 bits per heavy atom. The first-order valence-electron chi connectivity index (χ1n) is 5.94. The molecule has 0 aromatic heterocycles. The molecule has 0 aliphatic heterocycles. The standard InChI is InChI=1S/C13H18N2O4S/c1-10(2)9-19-8-7-15-13(16)11-3-5-12(6-4-11)20(14,17)18/h3-6H,1,7-9H2,2H3,(H,15,16)(H2,14,17,18). The monoisotopic (exact) mass is 298 g/mol. The normalized spacial score (nSPS) is 11.1. The van der Waals surface area contributed by atoms with Gasteiger partial charge < -0.3 is 10.1 Å². The highest BCUT2D eigenvalue weighted by atomic mass is 32.2. The minimum Gasteiger partial charge on any atom is -0.375 e. The van der Waals surface area contributed by atoms with Crippen molar-refractivity contribution in [3.05, 3.63) is 42.0 Å². The molecule has 0 heterocycles. The fourth-order valence-corrected chi connectivity index (χ4v) is 1.90. The summed E-state index contributed by atoms with van der Waals surface area (Å²) in [6.45, 7) is 6.75. The van der Waals surface area contributed by atoms with Crippen LogP contribution in [0.5, 0.6) is 0 Å². The molecule has 0 saturated carbocycles. The van der Waals surface area contributed by atoms with Crippen LogP contribution in [-0.4, -0.2) is 34.1 Å². The summed E-state index contributed by atoms with van der Waals surface area (Å²) in [7, 11) is -3.74. The number of primary sulfonamides is 1. The van der Waals surface area contributed by atoms with Gasteiger partial charge in [0.15, 0.2) is 0 Å². The van der Waals surface area contributed by atoms with Crippen molar-refractivity contribution in [2.45, 2.75) is 11.8 Å². The van der Waals surface area contributed by atoms with Crippen molar-refractivity contribution < 1.29 is 17.9 Å². The molecule has 20 heavy (non-hydrogen) atoms. The summed E-state index contributed by atoms with van der Waals surface area (Å²) in [6, 6.07) is 5.40. The Hall–Kier alpha value is -1.70. The number of benzene rings is 1. The summed E-state index contributed by atoms with van der Waals surface area (Å²) in [4.78, 5) is 11.7. The average molecular weight is 298 g/mol. The molecule has 0 radical (unpaired) electrons. The zero-order valence-corrected chi connectivity index (χ0v) is 12.1. The van der Waals surface area contributed by atoms with Gasteiger partial charge in [-0.3, -0.25) is 4.79 Å². The van der Waals surface area contributed by atoms with E-state index in [9.17, 15) is 13.2 Å². The van der Waals surface area contributed by atoms with E-state index in [1.54, 1.807) is 0 Å². The first kappa shape index (κ1) is 16.4. The van der Waals surface area contributed by atoms with Crippen LogP contribution in [0.2, 0.25) is 0 Å². The van der Waals surface area contributed by atoms with Crippen LogP contribution in [0.25, 0.3) is 0 Å². The van der Waals surface area contributed by atoms with E-state index < -0.39 is 10.0 Å². The number of nitrogens with one attached hydrogen (secondary N) is 1. The number of hydrogen-bond acceptors (Lipinski definition) is 4. The molecule has 3 N–H and O–H groups in total. The quantitative estimate of drug-likeness (QED) is 0.570. The van der Waals surface area contributed by atoms with Crippen LogP contribution in [0.3, 0.4) is 0 Å². The van der Waals surface area contributed by atoms with Crippen LogP contribution in [-0.2, 0) is 14.8 Å². The van der Waals surface area contributed by atoms with Gasteiger partial charge in [-0.25, -0.2) is 13.6 Å². The Labute approximate surface area is 118 Å². The zero-order valence-electron chi connectivity index (χ0n) is 11.3. The number of hydrogen-bond donors (Lipinski definition) is 2. The Balaban J connectivity index is 2.46. The van der Waals surface area contributed by atoms with Crippen molar-refractivity contribution in [3.63, 3.8) is 0 Å². The highest BCUT2D eigenvalue weighted by Crippen LogP contribution is 2.08. The van der Waals surface area contributed by atoms with Crippen molar-refractivity contribution in [1.82, 2.24) is 5.32 Å². The van der Waals surface area contributed by atoms with Gasteiger partial charge in [-0.1, -0.05) is 12.2 Å². The van der Waals surface area contributed by atoms with E-state index in [2.05, 4.69) is 11.9 Å². The minimum absolute atomic E-state index is 0.0289. The third-order valence-electron chi connectivity index (χ3n) is 2.33. The summed E-state index contributed by atoms with van der Waals surface area (Å²) in [5.74, 6) is -0.301.